The molecule has 0 aliphatic carbocycles. The molecule has 0 aliphatic heterocycles. The molecule has 0 atom stereocenters. The largest absolute Gasteiger partial charge is 0.501 e. The van der Waals surface area contributed by atoms with E-state index in [2.05, 4.69) is 5.16 Å². The van der Waals surface area contributed by atoms with E-state index in [1.165, 1.54) is 0 Å². The van der Waals surface area contributed by atoms with Crippen molar-refractivity contribution in [1.82, 2.24) is 0 Å². The summed E-state index contributed by atoms with van der Waals surface area (Å²) >= 11 is 0. The van der Waals surface area contributed by atoms with E-state index in [0.29, 0.717) is 0 Å². The Morgan fingerprint density at radius 3 is 2.06 bits per heavy atom. The molecule has 1 aromatic carbocycles. The van der Waals surface area contributed by atoms with Crippen molar-refractivity contribution in [1.29, 1.82) is 0 Å². The Kier molecular flexibility index (Phi) is 3.22. The number of hydrogen-bond acceptors (Lipinski definition) is 4. The second kappa shape index (κ2) is 4.12. The van der Waals surface area contributed by atoms with Crippen LogP contribution in [-0.2, 0) is 9.84 Å². The molecule has 0 aliphatic rings. The third kappa shape index (κ3) is 2.32. The average molecular weight is 253 g/mol. The van der Waals surface area contributed by atoms with Crippen LogP contribution in [0.2, 0.25) is 0 Å². The molecule has 0 heterocycles. The van der Waals surface area contributed by atoms with Crippen LogP contribution in [0, 0.1) is 0 Å². The summed E-state index contributed by atoms with van der Waals surface area (Å²) in [6.45, 7) is 0. The molecule has 8 heteroatoms. The predicted octanol–water partition coefficient (Wildman–Crippen LogP) is 1.79. The topological polar surface area (TPSA) is 66.7 Å². The Hall–Kier alpha value is -1.57. The summed E-state index contributed by atoms with van der Waals surface area (Å²) in [5.74, 6) is 0. The smallest absolute Gasteiger partial charge is 0.411 e. The molecular formula is C8H6F3NO3S. The highest BCUT2D eigenvalue weighted by molar-refractivity contribution is 7.92. The first-order valence-electron chi connectivity index (χ1n) is 3.88. The van der Waals surface area contributed by atoms with E-state index >= 15 is 0 Å². The number of rotatable bonds is 2. The molecule has 1 N–H and O–H groups in total. The van der Waals surface area contributed by atoms with Gasteiger partial charge in [0.25, 0.3) is 9.84 Å². The molecule has 0 unspecified atom stereocenters. The summed E-state index contributed by atoms with van der Waals surface area (Å²) in [7, 11) is -5.32. The highest BCUT2D eigenvalue weighted by Gasteiger charge is 2.46. The Morgan fingerprint density at radius 1 is 1.19 bits per heavy atom. The molecule has 0 radical (unpaired) electrons. The zero-order valence-electron chi connectivity index (χ0n) is 7.64. The van der Waals surface area contributed by atoms with Gasteiger partial charge >= 0.3 is 5.51 Å². The number of oxime groups is 1. The van der Waals surface area contributed by atoms with Crippen molar-refractivity contribution in [3.8, 4) is 0 Å². The fraction of sp³-hybridized carbons (Fsp3) is 0.125. The first-order chi connectivity index (χ1) is 7.29. The zero-order chi connectivity index (χ0) is 12.4. The van der Waals surface area contributed by atoms with Gasteiger partial charge in [0.05, 0.1) is 11.1 Å². The molecule has 0 spiro atoms. The summed E-state index contributed by atoms with van der Waals surface area (Å²) in [6, 6.07) is 3.77. The van der Waals surface area contributed by atoms with Gasteiger partial charge in [-0.3, -0.25) is 0 Å². The van der Waals surface area contributed by atoms with Crippen molar-refractivity contribution in [3.05, 3.63) is 29.8 Å². The van der Waals surface area contributed by atoms with Crippen LogP contribution in [0.1, 0.15) is 5.56 Å². The quantitative estimate of drug-likeness (QED) is 0.496. The molecule has 16 heavy (non-hydrogen) atoms. The number of hydrogen-bond donors (Lipinski definition) is 1. The summed E-state index contributed by atoms with van der Waals surface area (Å²) < 4.78 is 58.2. The second-order valence-corrected chi connectivity index (χ2v) is 4.70. The molecule has 0 bridgehead atoms. The van der Waals surface area contributed by atoms with Gasteiger partial charge in [-0.05, 0) is 17.7 Å². The van der Waals surface area contributed by atoms with E-state index in [4.69, 9.17) is 5.21 Å². The SMILES string of the molecule is O=S(=O)(c1ccc(C=NO)cc1)C(F)(F)F. The molecule has 88 valence electrons. The van der Waals surface area contributed by atoms with Crippen LogP contribution < -0.4 is 0 Å². The third-order valence-electron chi connectivity index (χ3n) is 1.70. The van der Waals surface area contributed by atoms with Gasteiger partial charge in [-0.1, -0.05) is 17.3 Å². The Morgan fingerprint density at radius 2 is 1.69 bits per heavy atom. The predicted molar refractivity (Wildman–Crippen MR) is 49.1 cm³/mol. The first kappa shape index (κ1) is 12.5. The molecule has 1 rings (SSSR count). The Labute approximate surface area is 88.9 Å². The molecule has 0 aromatic heterocycles. The van der Waals surface area contributed by atoms with E-state index < -0.39 is 20.2 Å². The lowest BCUT2D eigenvalue weighted by molar-refractivity contribution is -0.0436. The van der Waals surface area contributed by atoms with E-state index in [-0.39, 0.29) is 5.56 Å². The van der Waals surface area contributed by atoms with E-state index in [9.17, 15) is 21.6 Å². The monoisotopic (exact) mass is 253 g/mol. The maximum absolute atomic E-state index is 12.1. The summed E-state index contributed by atoms with van der Waals surface area (Å²) in [6.07, 6.45) is 0.962. The van der Waals surface area contributed by atoms with Crippen LogP contribution in [0.5, 0.6) is 0 Å². The lowest BCUT2D eigenvalue weighted by atomic mass is 10.2. The van der Waals surface area contributed by atoms with E-state index in [1.807, 2.05) is 0 Å². The van der Waals surface area contributed by atoms with E-state index in [0.717, 1.165) is 30.5 Å². The van der Waals surface area contributed by atoms with Gasteiger partial charge in [-0.2, -0.15) is 13.2 Å². The number of benzene rings is 1. The van der Waals surface area contributed by atoms with Gasteiger partial charge in [0.1, 0.15) is 0 Å². The fourth-order valence-corrected chi connectivity index (χ4v) is 1.69. The lowest BCUT2D eigenvalue weighted by Gasteiger charge is -2.07. The van der Waals surface area contributed by atoms with Crippen LogP contribution in [0.4, 0.5) is 13.2 Å². The van der Waals surface area contributed by atoms with Crippen molar-refractivity contribution in [3.63, 3.8) is 0 Å². The van der Waals surface area contributed by atoms with Crippen molar-refractivity contribution in [2.24, 2.45) is 5.16 Å². The Balaban J connectivity index is 3.17. The zero-order valence-corrected chi connectivity index (χ0v) is 8.46. The van der Waals surface area contributed by atoms with Gasteiger partial charge < -0.3 is 5.21 Å². The van der Waals surface area contributed by atoms with Crippen molar-refractivity contribution in [2.45, 2.75) is 10.4 Å². The van der Waals surface area contributed by atoms with Gasteiger partial charge in [0.2, 0.25) is 0 Å². The van der Waals surface area contributed by atoms with Crippen molar-refractivity contribution >= 4 is 16.1 Å². The van der Waals surface area contributed by atoms with Gasteiger partial charge in [0.15, 0.2) is 0 Å². The summed E-state index contributed by atoms with van der Waals surface area (Å²) in [5, 5.41) is 10.8. The fourth-order valence-electron chi connectivity index (χ4n) is 0.933. The molecule has 0 amide bonds. The maximum atomic E-state index is 12.1. The van der Waals surface area contributed by atoms with Crippen LogP contribution in [0.15, 0.2) is 34.3 Å². The van der Waals surface area contributed by atoms with E-state index in [1.54, 1.807) is 0 Å². The molecular weight excluding hydrogens is 247 g/mol. The lowest BCUT2D eigenvalue weighted by Crippen LogP contribution is -2.23. The van der Waals surface area contributed by atoms with Gasteiger partial charge in [-0.25, -0.2) is 8.42 Å². The third-order valence-corrected chi connectivity index (χ3v) is 3.20. The first-order valence-corrected chi connectivity index (χ1v) is 5.36. The summed E-state index contributed by atoms with van der Waals surface area (Å²) in [5.41, 5.74) is -5.04. The minimum atomic E-state index is -5.32. The highest BCUT2D eigenvalue weighted by Crippen LogP contribution is 2.29. The van der Waals surface area contributed by atoms with Crippen LogP contribution in [-0.4, -0.2) is 25.3 Å². The van der Waals surface area contributed by atoms with Crippen LogP contribution >= 0.6 is 0 Å². The summed E-state index contributed by atoms with van der Waals surface area (Å²) in [4.78, 5) is -0.852. The minimum Gasteiger partial charge on any atom is -0.411 e. The standard InChI is InChI=1S/C8H6F3NO3S/c9-8(10,11)16(14,15)7-3-1-6(2-4-7)5-12-13/h1-5,13H. The normalized spacial score (nSPS) is 13.2. The number of nitrogens with zero attached hydrogens (tertiary/aromatic N) is 1. The molecule has 1 aromatic rings. The average Bonchev–Trinajstić information content (AvgIpc) is 2.17. The number of alkyl halides is 3. The number of sulfone groups is 1. The molecule has 0 saturated carbocycles. The molecule has 0 fully saturated rings. The van der Waals surface area contributed by atoms with Crippen LogP contribution in [0.3, 0.4) is 0 Å². The van der Waals surface area contributed by atoms with Crippen molar-refractivity contribution in [2.75, 3.05) is 0 Å². The number of halogens is 3. The maximum Gasteiger partial charge on any atom is 0.501 e. The molecule has 4 nitrogen and oxygen atoms in total. The molecule has 0 saturated heterocycles. The van der Waals surface area contributed by atoms with Crippen LogP contribution in [0.25, 0.3) is 0 Å². The van der Waals surface area contributed by atoms with Gasteiger partial charge in [-0.15, -0.1) is 0 Å². The second-order valence-electron chi connectivity index (χ2n) is 2.76. The minimum absolute atomic E-state index is 0.281. The Bertz CT molecular complexity index is 490. The van der Waals surface area contributed by atoms with Crippen molar-refractivity contribution < 1.29 is 26.8 Å². The van der Waals surface area contributed by atoms with Gasteiger partial charge in [0, 0.05) is 0 Å². The highest BCUT2D eigenvalue weighted by atomic mass is 32.2.